The van der Waals surface area contributed by atoms with Crippen molar-refractivity contribution in [2.24, 2.45) is 5.92 Å². The Hall–Kier alpha value is -4.01. The number of hydrogen-bond acceptors (Lipinski definition) is 6. The summed E-state index contributed by atoms with van der Waals surface area (Å²) in [5.74, 6) is -0.890. The third kappa shape index (κ3) is 11.1. The molecule has 8 nitrogen and oxygen atoms in total. The first-order valence-corrected chi connectivity index (χ1v) is 15.5. The molecule has 3 rings (SSSR count). The number of carbonyl (C=O) groups excluding carboxylic acids is 3. The molecule has 0 heterocycles. The Morgan fingerprint density at radius 2 is 1.18 bits per heavy atom. The van der Waals surface area contributed by atoms with Crippen LogP contribution in [-0.2, 0) is 24.6 Å². The highest BCUT2D eigenvalue weighted by Gasteiger charge is 2.38. The quantitative estimate of drug-likeness (QED) is 0.193. The molecule has 0 aliphatic carbocycles. The molecule has 45 heavy (non-hydrogen) atoms. The number of Topliss-reactive ketones (excluding diaryl/α,β-unsaturated/α-hetero) is 1. The summed E-state index contributed by atoms with van der Waals surface area (Å²) < 4.78 is 11.3. The molecule has 2 atom stereocenters. The number of amides is 2. The van der Waals surface area contributed by atoms with Gasteiger partial charge >= 0.3 is 6.09 Å². The molecule has 3 N–H and O–H groups in total. The summed E-state index contributed by atoms with van der Waals surface area (Å²) in [4.78, 5) is 39.3. The van der Waals surface area contributed by atoms with Crippen molar-refractivity contribution in [1.82, 2.24) is 16.0 Å². The summed E-state index contributed by atoms with van der Waals surface area (Å²) >= 11 is 0. The Balaban J connectivity index is 1.70. The summed E-state index contributed by atoms with van der Waals surface area (Å²) in [5, 5.41) is 9.29. The standard InChI is InChI=1S/C37H49N3O5/c1-27(32(41)25-38-24-31(26-44-35(2,3)4)39-34(43)45-36(5,6)7)23-33(42)40-37(28-17-11-8-12-18-28,29-19-13-9-14-20-29)30-21-15-10-16-22-30/h8-22,27,31,38H,23-26H2,1-7H3,(H,39,43)(H,40,42)/t27-,31+/m0/s1. The topological polar surface area (TPSA) is 106 Å². The second kappa shape index (κ2) is 15.8. The predicted octanol–water partition coefficient (Wildman–Crippen LogP) is 5.99. The van der Waals surface area contributed by atoms with Crippen molar-refractivity contribution in [3.8, 4) is 0 Å². The van der Waals surface area contributed by atoms with E-state index in [-0.39, 0.29) is 31.3 Å². The largest absolute Gasteiger partial charge is 0.444 e. The van der Waals surface area contributed by atoms with Gasteiger partial charge in [0.05, 0.1) is 24.8 Å². The zero-order valence-electron chi connectivity index (χ0n) is 27.7. The van der Waals surface area contributed by atoms with E-state index in [1.165, 1.54) is 0 Å². The highest BCUT2D eigenvalue weighted by molar-refractivity contribution is 5.88. The molecule has 3 aromatic carbocycles. The molecule has 8 heteroatoms. The average Bonchev–Trinajstić information content (AvgIpc) is 2.98. The van der Waals surface area contributed by atoms with Gasteiger partial charge in [-0.25, -0.2) is 4.79 Å². The fourth-order valence-electron chi connectivity index (χ4n) is 4.95. The molecule has 0 aliphatic heterocycles. The van der Waals surface area contributed by atoms with Crippen LogP contribution in [0.2, 0.25) is 0 Å². The molecular formula is C37H49N3O5. The molecule has 0 radical (unpaired) electrons. The van der Waals surface area contributed by atoms with E-state index in [0.29, 0.717) is 6.54 Å². The van der Waals surface area contributed by atoms with E-state index in [9.17, 15) is 14.4 Å². The number of ether oxygens (including phenoxy) is 2. The lowest BCUT2D eigenvalue weighted by atomic mass is 9.76. The van der Waals surface area contributed by atoms with Gasteiger partial charge in [0.15, 0.2) is 0 Å². The number of alkyl carbamates (subject to hydrolysis) is 1. The lowest BCUT2D eigenvalue weighted by Gasteiger charge is -2.37. The highest BCUT2D eigenvalue weighted by Crippen LogP contribution is 2.37. The van der Waals surface area contributed by atoms with Crippen molar-refractivity contribution in [3.63, 3.8) is 0 Å². The monoisotopic (exact) mass is 615 g/mol. The van der Waals surface area contributed by atoms with Crippen LogP contribution in [0.1, 0.15) is 71.6 Å². The van der Waals surface area contributed by atoms with E-state index in [1.54, 1.807) is 27.7 Å². The second-order valence-electron chi connectivity index (χ2n) is 13.4. The van der Waals surface area contributed by atoms with Gasteiger partial charge in [0.1, 0.15) is 16.9 Å². The summed E-state index contributed by atoms with van der Waals surface area (Å²) in [7, 11) is 0. The Morgan fingerprint density at radius 1 is 0.711 bits per heavy atom. The first-order chi connectivity index (χ1) is 21.2. The van der Waals surface area contributed by atoms with E-state index < -0.39 is 34.8 Å². The summed E-state index contributed by atoms with van der Waals surface area (Å²) in [5.41, 5.74) is 0.750. The van der Waals surface area contributed by atoms with Crippen molar-refractivity contribution < 1.29 is 23.9 Å². The van der Waals surface area contributed by atoms with Gasteiger partial charge in [-0.15, -0.1) is 0 Å². The van der Waals surface area contributed by atoms with Gasteiger partial charge in [0, 0.05) is 18.9 Å². The minimum atomic E-state index is -0.949. The zero-order chi connectivity index (χ0) is 33.1. The molecule has 0 saturated heterocycles. The van der Waals surface area contributed by atoms with Crippen molar-refractivity contribution in [1.29, 1.82) is 0 Å². The predicted molar refractivity (Wildman–Crippen MR) is 178 cm³/mol. The Kier molecular flexibility index (Phi) is 12.5. The molecule has 0 fully saturated rings. The fraction of sp³-hybridized carbons (Fsp3) is 0.432. The number of hydrogen-bond donors (Lipinski definition) is 3. The first kappa shape index (κ1) is 35.5. The van der Waals surface area contributed by atoms with Crippen LogP contribution in [0.5, 0.6) is 0 Å². The molecule has 2 amide bonds. The molecule has 0 unspecified atom stereocenters. The lowest BCUT2D eigenvalue weighted by Crippen LogP contribution is -2.49. The summed E-state index contributed by atoms with van der Waals surface area (Å²) in [6, 6.07) is 29.2. The molecule has 0 aromatic heterocycles. The average molecular weight is 616 g/mol. The van der Waals surface area contributed by atoms with E-state index in [0.717, 1.165) is 16.7 Å². The van der Waals surface area contributed by atoms with Crippen LogP contribution in [0.15, 0.2) is 91.0 Å². The van der Waals surface area contributed by atoms with Gasteiger partial charge in [-0.1, -0.05) is 97.9 Å². The Morgan fingerprint density at radius 3 is 1.60 bits per heavy atom. The van der Waals surface area contributed by atoms with Gasteiger partial charge in [-0.05, 0) is 58.2 Å². The van der Waals surface area contributed by atoms with E-state index in [1.807, 2.05) is 112 Å². The van der Waals surface area contributed by atoms with Gasteiger partial charge in [0.2, 0.25) is 5.91 Å². The van der Waals surface area contributed by atoms with Crippen molar-refractivity contribution >= 4 is 17.8 Å². The molecule has 0 saturated carbocycles. The smallest absolute Gasteiger partial charge is 0.407 e. The maximum atomic E-state index is 13.7. The summed E-state index contributed by atoms with van der Waals surface area (Å²) in [6.45, 7) is 13.5. The van der Waals surface area contributed by atoms with Crippen molar-refractivity contribution in [3.05, 3.63) is 108 Å². The number of rotatable bonds is 14. The third-order valence-corrected chi connectivity index (χ3v) is 7.12. The van der Waals surface area contributed by atoms with Crippen molar-refractivity contribution in [2.45, 2.75) is 77.7 Å². The van der Waals surface area contributed by atoms with Crippen molar-refractivity contribution in [2.75, 3.05) is 19.7 Å². The number of carbonyl (C=O) groups is 3. The zero-order valence-corrected chi connectivity index (χ0v) is 27.7. The molecule has 242 valence electrons. The van der Waals surface area contributed by atoms with Gasteiger partial charge in [0.25, 0.3) is 0 Å². The number of ketones is 1. The Bertz CT molecular complexity index is 1270. The highest BCUT2D eigenvalue weighted by atomic mass is 16.6. The number of benzene rings is 3. The normalized spacial score (nSPS) is 13.4. The SMILES string of the molecule is C[C@@H](CC(=O)NC(c1ccccc1)(c1ccccc1)c1ccccc1)C(=O)CNC[C@H](COC(C)(C)C)NC(=O)OC(C)(C)C. The Labute approximate surface area is 268 Å². The minimum Gasteiger partial charge on any atom is -0.444 e. The van der Waals surface area contributed by atoms with Gasteiger partial charge in [-0.2, -0.15) is 0 Å². The van der Waals surface area contributed by atoms with Crippen LogP contribution in [0, 0.1) is 5.92 Å². The molecule has 0 bridgehead atoms. The van der Waals surface area contributed by atoms with E-state index >= 15 is 0 Å². The van der Waals surface area contributed by atoms with E-state index in [4.69, 9.17) is 9.47 Å². The van der Waals surface area contributed by atoms with Crippen LogP contribution in [0.25, 0.3) is 0 Å². The van der Waals surface area contributed by atoms with Crippen LogP contribution >= 0.6 is 0 Å². The van der Waals surface area contributed by atoms with Crippen LogP contribution in [0.3, 0.4) is 0 Å². The second-order valence-corrected chi connectivity index (χ2v) is 13.4. The van der Waals surface area contributed by atoms with Gasteiger partial charge in [-0.3, -0.25) is 9.59 Å². The van der Waals surface area contributed by atoms with Crippen LogP contribution in [0.4, 0.5) is 4.79 Å². The third-order valence-electron chi connectivity index (χ3n) is 7.12. The van der Waals surface area contributed by atoms with Crippen LogP contribution in [-0.4, -0.2) is 54.7 Å². The summed E-state index contributed by atoms with van der Waals surface area (Å²) in [6.07, 6.45) is -0.538. The molecule has 3 aromatic rings. The van der Waals surface area contributed by atoms with Crippen LogP contribution < -0.4 is 16.0 Å². The first-order valence-electron chi connectivity index (χ1n) is 15.5. The van der Waals surface area contributed by atoms with Gasteiger partial charge < -0.3 is 25.4 Å². The maximum Gasteiger partial charge on any atom is 0.407 e. The minimum absolute atomic E-state index is 0.0154. The molecular weight excluding hydrogens is 566 g/mol. The molecule has 0 aliphatic rings. The lowest BCUT2D eigenvalue weighted by molar-refractivity contribution is -0.128. The maximum absolute atomic E-state index is 13.7. The fourth-order valence-corrected chi connectivity index (χ4v) is 4.95. The van der Waals surface area contributed by atoms with E-state index in [2.05, 4.69) is 16.0 Å². The molecule has 0 spiro atoms. The number of nitrogens with one attached hydrogen (secondary N) is 3.